The van der Waals surface area contributed by atoms with Gasteiger partial charge in [-0.05, 0) is 25.0 Å². The number of hydrogen-bond acceptors (Lipinski definition) is 5. The fraction of sp³-hybridized carbons (Fsp3) is 0.375. The predicted octanol–water partition coefficient (Wildman–Crippen LogP) is 0.947. The maximum Gasteiger partial charge on any atom is 0.121 e. The van der Waals surface area contributed by atoms with Crippen LogP contribution in [0.25, 0.3) is 6.08 Å². The number of rotatable bonds is 7. The van der Waals surface area contributed by atoms with E-state index in [1.165, 1.54) is 24.3 Å². The summed E-state index contributed by atoms with van der Waals surface area (Å²) in [4.78, 5) is 0. The van der Waals surface area contributed by atoms with Gasteiger partial charge in [0.05, 0.1) is 12.7 Å². The molecule has 21 heavy (non-hydrogen) atoms. The first-order valence-corrected chi connectivity index (χ1v) is 6.76. The maximum atomic E-state index is 9.80. The lowest BCUT2D eigenvalue weighted by molar-refractivity contribution is 0.0809. The molecule has 0 bridgehead atoms. The summed E-state index contributed by atoms with van der Waals surface area (Å²) in [6.45, 7) is 1.31. The van der Waals surface area contributed by atoms with Crippen LogP contribution in [0.5, 0.6) is 5.75 Å². The highest BCUT2D eigenvalue weighted by molar-refractivity contribution is 5.58. The largest absolute Gasteiger partial charge is 0.508 e. The topological polar surface area (TPSA) is 101 Å². The zero-order valence-corrected chi connectivity index (χ0v) is 11.9. The quantitative estimate of drug-likeness (QED) is 0.482. The second-order valence-electron chi connectivity index (χ2n) is 4.86. The highest BCUT2D eigenvalue weighted by Gasteiger charge is 2.10. The van der Waals surface area contributed by atoms with E-state index in [1.54, 1.807) is 25.1 Å². The predicted molar refractivity (Wildman–Crippen MR) is 80.5 cm³/mol. The highest BCUT2D eigenvalue weighted by atomic mass is 16.3. The zero-order chi connectivity index (χ0) is 15.8. The Hall–Kier alpha value is -1.66. The van der Waals surface area contributed by atoms with Gasteiger partial charge in [0.15, 0.2) is 0 Å². The van der Waals surface area contributed by atoms with E-state index in [0.717, 1.165) is 0 Å². The Labute approximate surface area is 124 Å². The Bertz CT molecular complexity index is 493. The highest BCUT2D eigenvalue weighted by Crippen LogP contribution is 2.22. The first-order valence-electron chi connectivity index (χ1n) is 6.76. The molecule has 0 heterocycles. The van der Waals surface area contributed by atoms with E-state index in [4.69, 9.17) is 5.11 Å². The fourth-order valence-electron chi connectivity index (χ4n) is 1.77. The molecular weight excluding hydrogens is 272 g/mol. The van der Waals surface area contributed by atoms with Crippen molar-refractivity contribution in [2.75, 3.05) is 0 Å². The summed E-state index contributed by atoms with van der Waals surface area (Å²) < 4.78 is 0. The van der Waals surface area contributed by atoms with Crippen LogP contribution in [0.2, 0.25) is 0 Å². The van der Waals surface area contributed by atoms with Gasteiger partial charge in [0.1, 0.15) is 18.0 Å². The maximum absolute atomic E-state index is 9.80. The van der Waals surface area contributed by atoms with Crippen molar-refractivity contribution in [1.29, 1.82) is 0 Å². The van der Waals surface area contributed by atoms with E-state index in [1.807, 2.05) is 0 Å². The molecule has 1 rings (SSSR count). The van der Waals surface area contributed by atoms with Crippen LogP contribution < -0.4 is 0 Å². The van der Waals surface area contributed by atoms with Gasteiger partial charge in [-0.3, -0.25) is 0 Å². The molecular formula is C16H22O5. The standard InChI is InChI=1S/C16H22O5/c1-11(18)4-2-7-15(20)16(21)9-8-12-5-3-6-14(19)13(12)10-17/h2-3,5-9,11,15-21H,4,10H2,1H3/b7-2+,9-8+/t11?,15-,16+/m0/s1. The third-order valence-electron chi connectivity index (χ3n) is 2.98. The third-order valence-corrected chi connectivity index (χ3v) is 2.98. The molecule has 116 valence electrons. The molecule has 0 spiro atoms. The third kappa shape index (κ3) is 5.69. The second-order valence-corrected chi connectivity index (χ2v) is 4.86. The average Bonchev–Trinajstić information content (AvgIpc) is 2.44. The van der Waals surface area contributed by atoms with E-state index < -0.39 is 18.3 Å². The second kappa shape index (κ2) is 8.59. The van der Waals surface area contributed by atoms with Gasteiger partial charge in [0, 0.05) is 5.56 Å². The van der Waals surface area contributed by atoms with Gasteiger partial charge < -0.3 is 25.5 Å². The Morgan fingerprint density at radius 1 is 1.10 bits per heavy atom. The Kier molecular flexibility index (Phi) is 7.11. The van der Waals surface area contributed by atoms with Gasteiger partial charge in [-0.1, -0.05) is 36.4 Å². The van der Waals surface area contributed by atoms with Crippen molar-refractivity contribution in [3.63, 3.8) is 0 Å². The summed E-state index contributed by atoms with van der Waals surface area (Å²) in [6, 6.07) is 4.77. The summed E-state index contributed by atoms with van der Waals surface area (Å²) in [5.74, 6) is -0.0217. The molecule has 3 atom stereocenters. The number of benzene rings is 1. The molecule has 5 N–H and O–H groups in total. The molecule has 0 radical (unpaired) electrons. The Morgan fingerprint density at radius 3 is 2.38 bits per heavy atom. The number of aliphatic hydroxyl groups excluding tert-OH is 4. The molecule has 5 heteroatoms. The minimum absolute atomic E-state index is 0.0217. The lowest BCUT2D eigenvalue weighted by Gasteiger charge is -2.11. The number of phenols is 1. The number of aliphatic hydroxyl groups is 4. The average molecular weight is 294 g/mol. The van der Waals surface area contributed by atoms with Crippen LogP contribution in [0, 0.1) is 0 Å². The summed E-state index contributed by atoms with van der Waals surface area (Å²) in [6.07, 6.45) is 3.61. The smallest absolute Gasteiger partial charge is 0.121 e. The van der Waals surface area contributed by atoms with Crippen molar-refractivity contribution in [2.24, 2.45) is 0 Å². The molecule has 1 unspecified atom stereocenters. The van der Waals surface area contributed by atoms with E-state index in [2.05, 4.69) is 0 Å². The van der Waals surface area contributed by atoms with Gasteiger partial charge in [0.25, 0.3) is 0 Å². The van der Waals surface area contributed by atoms with Crippen molar-refractivity contribution in [3.05, 3.63) is 47.6 Å². The van der Waals surface area contributed by atoms with E-state index in [9.17, 15) is 20.4 Å². The first-order chi connectivity index (χ1) is 9.95. The SMILES string of the molecule is CC(O)C/C=C/[C@H](O)[C@H](O)/C=C/c1cccc(O)c1CO. The van der Waals surface area contributed by atoms with E-state index in [-0.39, 0.29) is 12.4 Å². The normalized spacial score (nSPS) is 16.4. The molecule has 0 aromatic heterocycles. The van der Waals surface area contributed by atoms with Gasteiger partial charge in [-0.25, -0.2) is 0 Å². The van der Waals surface area contributed by atoms with Crippen molar-refractivity contribution < 1.29 is 25.5 Å². The molecule has 1 aromatic carbocycles. The Morgan fingerprint density at radius 2 is 1.76 bits per heavy atom. The van der Waals surface area contributed by atoms with Crippen LogP contribution in [-0.4, -0.2) is 43.8 Å². The summed E-state index contributed by atoms with van der Waals surface area (Å²) in [7, 11) is 0. The number of aromatic hydroxyl groups is 1. The monoisotopic (exact) mass is 294 g/mol. The van der Waals surface area contributed by atoms with Crippen LogP contribution in [0.1, 0.15) is 24.5 Å². The van der Waals surface area contributed by atoms with Crippen molar-refractivity contribution in [2.45, 2.75) is 38.3 Å². The molecule has 0 aliphatic rings. The summed E-state index contributed by atoms with van der Waals surface area (Å²) in [5.41, 5.74) is 0.928. The van der Waals surface area contributed by atoms with Crippen molar-refractivity contribution >= 4 is 6.08 Å². The van der Waals surface area contributed by atoms with Gasteiger partial charge >= 0.3 is 0 Å². The van der Waals surface area contributed by atoms with Crippen molar-refractivity contribution in [3.8, 4) is 5.75 Å². The first kappa shape index (κ1) is 17.4. The number of hydrogen-bond donors (Lipinski definition) is 5. The summed E-state index contributed by atoms with van der Waals surface area (Å²) >= 11 is 0. The fourth-order valence-corrected chi connectivity index (χ4v) is 1.77. The van der Waals surface area contributed by atoms with E-state index >= 15 is 0 Å². The van der Waals surface area contributed by atoms with Gasteiger partial charge in [-0.15, -0.1) is 0 Å². The molecule has 0 aliphatic carbocycles. The molecule has 1 aromatic rings. The van der Waals surface area contributed by atoms with Gasteiger partial charge in [0.2, 0.25) is 0 Å². The van der Waals surface area contributed by atoms with Crippen molar-refractivity contribution in [1.82, 2.24) is 0 Å². The molecule has 5 nitrogen and oxygen atoms in total. The molecule has 0 amide bonds. The molecule has 0 aliphatic heterocycles. The Balaban J connectivity index is 2.71. The van der Waals surface area contributed by atoms with Crippen LogP contribution in [0.4, 0.5) is 0 Å². The lowest BCUT2D eigenvalue weighted by Crippen LogP contribution is -2.21. The van der Waals surface area contributed by atoms with Crippen LogP contribution in [0.15, 0.2) is 36.4 Å². The van der Waals surface area contributed by atoms with Crippen LogP contribution in [-0.2, 0) is 6.61 Å². The zero-order valence-electron chi connectivity index (χ0n) is 11.9. The van der Waals surface area contributed by atoms with Crippen LogP contribution in [0.3, 0.4) is 0 Å². The molecule has 0 saturated heterocycles. The summed E-state index contributed by atoms with van der Waals surface area (Å²) in [5, 5.41) is 47.4. The van der Waals surface area contributed by atoms with Gasteiger partial charge in [-0.2, -0.15) is 0 Å². The minimum atomic E-state index is -1.12. The van der Waals surface area contributed by atoms with Crippen LogP contribution >= 0.6 is 0 Å². The molecule has 0 saturated carbocycles. The lowest BCUT2D eigenvalue weighted by atomic mass is 10.0. The van der Waals surface area contributed by atoms with E-state index in [0.29, 0.717) is 17.5 Å². The minimum Gasteiger partial charge on any atom is -0.508 e. The molecule has 0 fully saturated rings.